The van der Waals surface area contributed by atoms with Gasteiger partial charge in [0.15, 0.2) is 0 Å². The third-order valence-electron chi connectivity index (χ3n) is 3.92. The smallest absolute Gasteiger partial charge is 0.387 e. The Kier molecular flexibility index (Phi) is 7.11. The molecule has 1 atom stereocenters. The van der Waals surface area contributed by atoms with Gasteiger partial charge in [-0.15, -0.1) is 0 Å². The molecule has 27 heavy (non-hydrogen) atoms. The maximum Gasteiger partial charge on any atom is 0.387 e. The van der Waals surface area contributed by atoms with Crippen LogP contribution in [0.4, 0.5) is 8.78 Å². The van der Waals surface area contributed by atoms with Crippen LogP contribution in [0.25, 0.3) is 0 Å². The second-order valence-electron chi connectivity index (χ2n) is 5.93. The van der Waals surface area contributed by atoms with Gasteiger partial charge in [-0.1, -0.05) is 24.3 Å². The molecular weight excluding hydrogens is 378 g/mol. The molecule has 0 amide bonds. The second-order valence-corrected chi connectivity index (χ2v) is 7.67. The molecule has 9 heteroatoms. The highest BCUT2D eigenvalue weighted by atomic mass is 32.2. The van der Waals surface area contributed by atoms with Crippen LogP contribution in [0.2, 0.25) is 0 Å². The van der Waals surface area contributed by atoms with Crippen molar-refractivity contribution >= 4 is 10.0 Å². The largest absolute Gasteiger partial charge is 0.497 e. The van der Waals surface area contributed by atoms with E-state index in [0.717, 1.165) is 5.56 Å². The van der Waals surface area contributed by atoms with Gasteiger partial charge in [-0.3, -0.25) is 0 Å². The topological polar surface area (TPSA) is 67.9 Å². The number of likely N-dealkylation sites (N-methyl/N-ethyl adjacent to an activating group) is 1. The van der Waals surface area contributed by atoms with E-state index in [-0.39, 0.29) is 17.5 Å². The Morgan fingerprint density at radius 2 is 1.81 bits per heavy atom. The summed E-state index contributed by atoms with van der Waals surface area (Å²) in [6, 6.07) is 12.3. The summed E-state index contributed by atoms with van der Waals surface area (Å²) >= 11 is 0. The van der Waals surface area contributed by atoms with Crippen molar-refractivity contribution in [1.29, 1.82) is 0 Å². The van der Waals surface area contributed by atoms with Crippen LogP contribution >= 0.6 is 0 Å². The minimum atomic E-state index is -4.06. The van der Waals surface area contributed by atoms with E-state index >= 15 is 0 Å². The normalized spacial score (nSPS) is 13.0. The SMILES string of the molecule is COc1cccc(C(CNS(=O)(=O)c2ccccc2OC(F)F)N(C)C)c1. The number of sulfonamides is 1. The molecule has 0 aliphatic heterocycles. The zero-order valence-electron chi connectivity index (χ0n) is 15.2. The third kappa shape index (κ3) is 5.62. The Hall–Kier alpha value is -2.23. The number of methoxy groups -OCH3 is 1. The molecule has 0 heterocycles. The molecule has 148 valence electrons. The molecule has 1 N–H and O–H groups in total. The summed E-state index contributed by atoms with van der Waals surface area (Å²) < 4.78 is 62.4. The second kappa shape index (κ2) is 9.12. The van der Waals surface area contributed by atoms with Crippen LogP contribution in [0.1, 0.15) is 11.6 Å². The summed E-state index contributed by atoms with van der Waals surface area (Å²) in [7, 11) is 1.12. The molecule has 2 rings (SSSR count). The molecule has 0 aromatic heterocycles. The number of halogens is 2. The quantitative estimate of drug-likeness (QED) is 0.701. The van der Waals surface area contributed by atoms with E-state index in [1.807, 2.05) is 37.2 Å². The third-order valence-corrected chi connectivity index (χ3v) is 5.39. The van der Waals surface area contributed by atoms with Gasteiger partial charge >= 0.3 is 6.61 Å². The van der Waals surface area contributed by atoms with Crippen LogP contribution in [-0.2, 0) is 10.0 Å². The zero-order valence-corrected chi connectivity index (χ0v) is 16.0. The zero-order chi connectivity index (χ0) is 20.0. The average molecular weight is 400 g/mol. The highest BCUT2D eigenvalue weighted by Gasteiger charge is 2.24. The first kappa shape index (κ1) is 21.1. The standard InChI is InChI=1S/C18H22F2N2O4S/c1-22(2)15(13-7-6-8-14(11-13)25-3)12-21-27(23,24)17-10-5-4-9-16(17)26-18(19)20/h4-11,15,18,21H,12H2,1-3H3. The Labute approximate surface area is 157 Å². The van der Waals surface area contributed by atoms with Crippen LogP contribution < -0.4 is 14.2 Å². The summed E-state index contributed by atoms with van der Waals surface area (Å²) in [5, 5.41) is 0. The molecule has 0 bridgehead atoms. The molecule has 6 nitrogen and oxygen atoms in total. The van der Waals surface area contributed by atoms with Gasteiger partial charge in [0.1, 0.15) is 16.4 Å². The van der Waals surface area contributed by atoms with E-state index in [1.54, 1.807) is 13.2 Å². The first-order valence-corrected chi connectivity index (χ1v) is 9.57. The monoisotopic (exact) mass is 400 g/mol. The number of rotatable bonds is 9. The van der Waals surface area contributed by atoms with Gasteiger partial charge in [0, 0.05) is 12.6 Å². The van der Waals surface area contributed by atoms with Crippen LogP contribution in [0.3, 0.4) is 0 Å². The van der Waals surface area contributed by atoms with Gasteiger partial charge in [-0.2, -0.15) is 8.78 Å². The number of hydrogen-bond acceptors (Lipinski definition) is 5. The van der Waals surface area contributed by atoms with E-state index in [0.29, 0.717) is 5.75 Å². The van der Waals surface area contributed by atoms with Crippen molar-refractivity contribution in [2.75, 3.05) is 27.7 Å². The fraction of sp³-hybridized carbons (Fsp3) is 0.333. The van der Waals surface area contributed by atoms with Gasteiger partial charge in [-0.25, -0.2) is 13.1 Å². The maximum atomic E-state index is 12.6. The number of ether oxygens (including phenoxy) is 2. The lowest BCUT2D eigenvalue weighted by molar-refractivity contribution is -0.0517. The van der Waals surface area contributed by atoms with Crippen molar-refractivity contribution in [3.8, 4) is 11.5 Å². The Balaban J connectivity index is 2.24. The molecule has 1 unspecified atom stereocenters. The van der Waals surface area contributed by atoms with Crippen LogP contribution in [-0.4, -0.2) is 47.7 Å². The highest BCUT2D eigenvalue weighted by molar-refractivity contribution is 7.89. The van der Waals surface area contributed by atoms with Crippen molar-refractivity contribution in [2.24, 2.45) is 0 Å². The van der Waals surface area contributed by atoms with Crippen LogP contribution in [0, 0.1) is 0 Å². The van der Waals surface area contributed by atoms with Crippen molar-refractivity contribution in [3.63, 3.8) is 0 Å². The van der Waals surface area contributed by atoms with E-state index < -0.39 is 22.4 Å². The van der Waals surface area contributed by atoms with Crippen molar-refractivity contribution in [2.45, 2.75) is 17.5 Å². The number of hydrogen-bond donors (Lipinski definition) is 1. The van der Waals surface area contributed by atoms with Crippen LogP contribution in [0.15, 0.2) is 53.4 Å². The van der Waals surface area contributed by atoms with Crippen molar-refractivity contribution in [3.05, 3.63) is 54.1 Å². The minimum absolute atomic E-state index is 0.0332. The number of nitrogens with zero attached hydrogens (tertiary/aromatic N) is 1. The van der Waals surface area contributed by atoms with Gasteiger partial charge in [0.05, 0.1) is 7.11 Å². The number of benzene rings is 2. The lowest BCUT2D eigenvalue weighted by Crippen LogP contribution is -2.34. The van der Waals surface area contributed by atoms with Gasteiger partial charge in [0.25, 0.3) is 0 Å². The van der Waals surface area contributed by atoms with Crippen molar-refractivity contribution < 1.29 is 26.7 Å². The lowest BCUT2D eigenvalue weighted by Gasteiger charge is -2.25. The molecule has 0 fully saturated rings. The Morgan fingerprint density at radius 3 is 2.44 bits per heavy atom. The molecule has 0 saturated carbocycles. The summed E-state index contributed by atoms with van der Waals surface area (Å²) in [6.45, 7) is -3.08. The number of alkyl halides is 2. The summed E-state index contributed by atoms with van der Waals surface area (Å²) in [4.78, 5) is 1.51. The lowest BCUT2D eigenvalue weighted by atomic mass is 10.1. The molecule has 2 aromatic rings. The summed E-state index contributed by atoms with van der Waals surface area (Å²) in [6.07, 6.45) is 0. The highest BCUT2D eigenvalue weighted by Crippen LogP contribution is 2.26. The molecule has 0 aliphatic rings. The molecule has 2 aromatic carbocycles. The van der Waals surface area contributed by atoms with E-state index in [1.165, 1.54) is 24.3 Å². The first-order chi connectivity index (χ1) is 12.7. The number of nitrogens with one attached hydrogen (secondary N) is 1. The van der Waals surface area contributed by atoms with E-state index in [9.17, 15) is 17.2 Å². The average Bonchev–Trinajstić information content (AvgIpc) is 2.61. The molecule has 0 spiro atoms. The summed E-state index contributed by atoms with van der Waals surface area (Å²) in [5.41, 5.74) is 0.846. The Morgan fingerprint density at radius 1 is 1.11 bits per heavy atom. The fourth-order valence-electron chi connectivity index (χ4n) is 2.58. The molecular formula is C18H22F2N2O4S. The van der Waals surface area contributed by atoms with Crippen molar-refractivity contribution in [1.82, 2.24) is 9.62 Å². The van der Waals surface area contributed by atoms with E-state index in [2.05, 4.69) is 9.46 Å². The molecule has 0 saturated heterocycles. The summed E-state index contributed by atoms with van der Waals surface area (Å²) in [5.74, 6) is 0.251. The molecule has 0 aliphatic carbocycles. The van der Waals surface area contributed by atoms with Gasteiger partial charge in [0.2, 0.25) is 10.0 Å². The van der Waals surface area contributed by atoms with E-state index in [4.69, 9.17) is 4.74 Å². The first-order valence-electron chi connectivity index (χ1n) is 8.08. The molecule has 0 radical (unpaired) electrons. The minimum Gasteiger partial charge on any atom is -0.497 e. The van der Waals surface area contributed by atoms with Gasteiger partial charge < -0.3 is 14.4 Å². The maximum absolute atomic E-state index is 12.6. The number of para-hydroxylation sites is 1. The predicted octanol–water partition coefficient (Wildman–Crippen LogP) is 2.88. The van der Waals surface area contributed by atoms with Crippen LogP contribution in [0.5, 0.6) is 11.5 Å². The predicted molar refractivity (Wildman–Crippen MR) is 97.7 cm³/mol. The van der Waals surface area contributed by atoms with Gasteiger partial charge in [-0.05, 0) is 43.9 Å². The fourth-order valence-corrected chi connectivity index (χ4v) is 3.75. The Bertz CT molecular complexity index is 860.